The van der Waals surface area contributed by atoms with Crippen molar-refractivity contribution in [2.75, 3.05) is 26.2 Å². The van der Waals surface area contributed by atoms with E-state index >= 15 is 0 Å². The predicted molar refractivity (Wildman–Crippen MR) is 94.6 cm³/mol. The van der Waals surface area contributed by atoms with Gasteiger partial charge in [-0.2, -0.15) is 0 Å². The maximum absolute atomic E-state index is 12.4. The second-order valence-corrected chi connectivity index (χ2v) is 6.76. The molecule has 0 spiro atoms. The van der Waals surface area contributed by atoms with Crippen molar-refractivity contribution in [1.29, 1.82) is 0 Å². The number of carbonyl (C=O) groups is 3. The van der Waals surface area contributed by atoms with Crippen molar-refractivity contribution in [3.05, 3.63) is 52.5 Å². The molecule has 1 aliphatic rings. The summed E-state index contributed by atoms with van der Waals surface area (Å²) in [5.74, 6) is -0.0573. The van der Waals surface area contributed by atoms with E-state index in [9.17, 15) is 14.4 Å². The van der Waals surface area contributed by atoms with Gasteiger partial charge in [-0.15, -0.1) is 11.3 Å². The molecule has 3 rings (SSSR count). The van der Waals surface area contributed by atoms with Crippen molar-refractivity contribution in [2.24, 2.45) is 0 Å². The van der Waals surface area contributed by atoms with E-state index in [-0.39, 0.29) is 30.4 Å². The molecule has 0 unspecified atom stereocenters. The van der Waals surface area contributed by atoms with Crippen molar-refractivity contribution in [1.82, 2.24) is 14.8 Å². The minimum atomic E-state index is -0.0395. The summed E-state index contributed by atoms with van der Waals surface area (Å²) in [6, 6.07) is 6.99. The van der Waals surface area contributed by atoms with Crippen LogP contribution in [0.15, 0.2) is 42.0 Å². The van der Waals surface area contributed by atoms with Crippen LogP contribution in [0.2, 0.25) is 0 Å². The Morgan fingerprint density at radius 1 is 0.960 bits per heavy atom. The zero-order valence-electron chi connectivity index (χ0n) is 13.8. The minimum absolute atomic E-state index is 0.00912. The molecular weight excluding hydrogens is 338 g/mol. The van der Waals surface area contributed by atoms with Gasteiger partial charge in [0.15, 0.2) is 5.78 Å². The lowest BCUT2D eigenvalue weighted by Gasteiger charge is -2.34. The SMILES string of the molecule is O=C(CCC(=O)N1CCN(C(=O)c2ccncc2)CC1)c1cccs1. The molecule has 1 saturated heterocycles. The van der Waals surface area contributed by atoms with Gasteiger partial charge >= 0.3 is 0 Å². The van der Waals surface area contributed by atoms with Gasteiger partial charge < -0.3 is 9.80 Å². The lowest BCUT2D eigenvalue weighted by molar-refractivity contribution is -0.132. The van der Waals surface area contributed by atoms with Gasteiger partial charge in [0.05, 0.1) is 4.88 Å². The zero-order valence-corrected chi connectivity index (χ0v) is 14.6. The standard InChI is InChI=1S/C18H19N3O3S/c22-15(16-2-1-13-25-16)3-4-17(23)20-9-11-21(12-10-20)18(24)14-5-7-19-8-6-14/h1-2,5-8,13H,3-4,9-12H2. The minimum Gasteiger partial charge on any atom is -0.339 e. The third-order valence-corrected chi connectivity index (χ3v) is 5.12. The normalized spacial score (nSPS) is 14.4. The second-order valence-electron chi connectivity index (χ2n) is 5.81. The Hall–Kier alpha value is -2.54. The number of pyridine rings is 1. The van der Waals surface area contributed by atoms with E-state index in [0.29, 0.717) is 36.6 Å². The topological polar surface area (TPSA) is 70.6 Å². The molecule has 2 amide bonds. The van der Waals surface area contributed by atoms with Gasteiger partial charge in [0.2, 0.25) is 5.91 Å². The molecule has 2 aromatic rings. The number of ketones is 1. The lowest BCUT2D eigenvalue weighted by Crippen LogP contribution is -2.50. The Balaban J connectivity index is 1.46. The fourth-order valence-electron chi connectivity index (χ4n) is 2.78. The summed E-state index contributed by atoms with van der Waals surface area (Å²) in [5.41, 5.74) is 0.608. The summed E-state index contributed by atoms with van der Waals surface area (Å²) >= 11 is 1.40. The molecule has 0 saturated carbocycles. The molecule has 3 heterocycles. The largest absolute Gasteiger partial charge is 0.339 e. The monoisotopic (exact) mass is 357 g/mol. The molecule has 0 N–H and O–H groups in total. The summed E-state index contributed by atoms with van der Waals surface area (Å²) in [6.07, 6.45) is 3.64. The average molecular weight is 357 g/mol. The van der Waals surface area contributed by atoms with Gasteiger partial charge in [0, 0.05) is 57.0 Å². The number of carbonyl (C=O) groups excluding carboxylic acids is 3. The third kappa shape index (κ3) is 4.30. The van der Waals surface area contributed by atoms with Crippen molar-refractivity contribution < 1.29 is 14.4 Å². The first kappa shape index (κ1) is 17.3. The molecule has 1 fully saturated rings. The molecule has 0 aliphatic carbocycles. The number of amides is 2. The van der Waals surface area contributed by atoms with Crippen LogP contribution in [0, 0.1) is 0 Å². The number of Topliss-reactive ketones (excluding diaryl/α,β-unsaturated/α-hetero) is 1. The maximum atomic E-state index is 12.4. The third-order valence-electron chi connectivity index (χ3n) is 4.21. The highest BCUT2D eigenvalue weighted by atomic mass is 32.1. The van der Waals surface area contributed by atoms with E-state index in [1.807, 2.05) is 11.4 Å². The summed E-state index contributed by atoms with van der Waals surface area (Å²) in [6.45, 7) is 2.02. The van der Waals surface area contributed by atoms with Crippen LogP contribution in [0.1, 0.15) is 32.9 Å². The van der Waals surface area contributed by atoms with E-state index in [4.69, 9.17) is 0 Å². The van der Waals surface area contributed by atoms with Gasteiger partial charge in [0.1, 0.15) is 0 Å². The maximum Gasteiger partial charge on any atom is 0.254 e. The van der Waals surface area contributed by atoms with Gasteiger partial charge in [-0.25, -0.2) is 0 Å². The summed E-state index contributed by atoms with van der Waals surface area (Å²) in [4.78, 5) is 44.7. The van der Waals surface area contributed by atoms with Crippen LogP contribution in [-0.2, 0) is 4.79 Å². The Kier molecular flexibility index (Phi) is 5.55. The number of hydrogen-bond donors (Lipinski definition) is 0. The summed E-state index contributed by atoms with van der Waals surface area (Å²) in [5, 5.41) is 1.86. The smallest absolute Gasteiger partial charge is 0.254 e. The van der Waals surface area contributed by atoms with Crippen LogP contribution >= 0.6 is 11.3 Å². The van der Waals surface area contributed by atoms with E-state index in [1.54, 1.807) is 40.4 Å². The predicted octanol–water partition coefficient (Wildman–Crippen LogP) is 2.09. The summed E-state index contributed by atoms with van der Waals surface area (Å²) < 4.78 is 0. The van der Waals surface area contributed by atoms with Crippen LogP contribution in [0.5, 0.6) is 0 Å². The molecule has 1 aliphatic heterocycles. The van der Waals surface area contributed by atoms with E-state index in [2.05, 4.69) is 4.98 Å². The van der Waals surface area contributed by atoms with Gasteiger partial charge in [-0.05, 0) is 23.6 Å². The Labute approximate surface area is 150 Å². The molecule has 130 valence electrons. The van der Waals surface area contributed by atoms with Crippen molar-refractivity contribution in [3.63, 3.8) is 0 Å². The van der Waals surface area contributed by atoms with Crippen LogP contribution in [0.3, 0.4) is 0 Å². The van der Waals surface area contributed by atoms with Crippen molar-refractivity contribution in [2.45, 2.75) is 12.8 Å². The highest BCUT2D eigenvalue weighted by Gasteiger charge is 2.25. The fraction of sp³-hybridized carbons (Fsp3) is 0.333. The van der Waals surface area contributed by atoms with Crippen LogP contribution in [0.4, 0.5) is 0 Å². The number of nitrogens with zero attached hydrogens (tertiary/aromatic N) is 3. The average Bonchev–Trinajstić information content (AvgIpc) is 3.21. The zero-order chi connectivity index (χ0) is 17.6. The first-order chi connectivity index (χ1) is 12.1. The van der Waals surface area contributed by atoms with Crippen molar-refractivity contribution >= 4 is 28.9 Å². The molecule has 25 heavy (non-hydrogen) atoms. The van der Waals surface area contributed by atoms with Crippen LogP contribution in [-0.4, -0.2) is 58.6 Å². The highest BCUT2D eigenvalue weighted by molar-refractivity contribution is 7.12. The molecule has 0 aromatic carbocycles. The Morgan fingerprint density at radius 2 is 1.64 bits per heavy atom. The van der Waals surface area contributed by atoms with E-state index in [1.165, 1.54) is 11.3 Å². The van der Waals surface area contributed by atoms with E-state index in [0.717, 1.165) is 0 Å². The van der Waals surface area contributed by atoms with Gasteiger partial charge in [-0.1, -0.05) is 6.07 Å². The number of thiophene rings is 1. The number of hydrogen-bond acceptors (Lipinski definition) is 5. The van der Waals surface area contributed by atoms with Crippen LogP contribution < -0.4 is 0 Å². The fourth-order valence-corrected chi connectivity index (χ4v) is 3.47. The molecular formula is C18H19N3O3S. The molecule has 6 nitrogen and oxygen atoms in total. The van der Waals surface area contributed by atoms with Crippen molar-refractivity contribution in [3.8, 4) is 0 Å². The van der Waals surface area contributed by atoms with Gasteiger partial charge in [0.25, 0.3) is 5.91 Å². The summed E-state index contributed by atoms with van der Waals surface area (Å²) in [7, 11) is 0. The number of aromatic nitrogens is 1. The van der Waals surface area contributed by atoms with Crippen LogP contribution in [0.25, 0.3) is 0 Å². The van der Waals surface area contributed by atoms with Gasteiger partial charge in [-0.3, -0.25) is 19.4 Å². The number of rotatable bonds is 5. The quantitative estimate of drug-likeness (QED) is 0.768. The molecule has 0 radical (unpaired) electrons. The first-order valence-electron chi connectivity index (χ1n) is 8.19. The highest BCUT2D eigenvalue weighted by Crippen LogP contribution is 2.14. The Bertz CT molecular complexity index is 738. The molecule has 0 bridgehead atoms. The van der Waals surface area contributed by atoms with E-state index < -0.39 is 0 Å². The Morgan fingerprint density at radius 3 is 2.28 bits per heavy atom. The second kappa shape index (κ2) is 8.02. The molecule has 0 atom stereocenters. The first-order valence-corrected chi connectivity index (χ1v) is 9.07. The lowest BCUT2D eigenvalue weighted by atomic mass is 10.1. The molecule has 2 aromatic heterocycles. The molecule has 7 heteroatoms. The number of piperazine rings is 1.